The summed E-state index contributed by atoms with van der Waals surface area (Å²) >= 11 is 12.7. The zero-order valence-electron chi connectivity index (χ0n) is 15.6. The highest BCUT2D eigenvalue weighted by Crippen LogP contribution is 2.54. The Hall–Kier alpha value is -3.42. The third-order valence-electron chi connectivity index (χ3n) is 5.51. The molecule has 2 aliphatic carbocycles. The minimum Gasteiger partial charge on any atom is -0.434 e. The molecule has 2 heterocycles. The predicted molar refractivity (Wildman–Crippen MR) is 109 cm³/mol. The van der Waals surface area contributed by atoms with Gasteiger partial charge in [-0.1, -0.05) is 23.2 Å². The Morgan fingerprint density at radius 2 is 1.94 bits per heavy atom. The van der Waals surface area contributed by atoms with Gasteiger partial charge in [0.05, 0.1) is 15.7 Å². The molecule has 1 saturated carbocycles. The van der Waals surface area contributed by atoms with Crippen LogP contribution in [0.3, 0.4) is 0 Å². The average molecular weight is 459 g/mol. The summed E-state index contributed by atoms with van der Waals surface area (Å²) in [7, 11) is 0. The van der Waals surface area contributed by atoms with E-state index in [1.165, 1.54) is 12.1 Å². The standard InChI is InChI=1S/C19H12Cl2N6O4/c20-11-4-8(27-19(30)23-16(28)13(6-22)26-27)5-12(21)15(11)31-18-9-2-1-7-3-10(7)14(9)17(29)24-25-18/h4-5,7,10H,1-3H2,(H,24,29)(H,23,28,30)/t7-,10?/m0/s1. The second-order valence-electron chi connectivity index (χ2n) is 7.36. The van der Waals surface area contributed by atoms with Crippen LogP contribution in [0.1, 0.15) is 35.6 Å². The van der Waals surface area contributed by atoms with Gasteiger partial charge in [0.15, 0.2) is 5.75 Å². The number of nitrogens with zero attached hydrogens (tertiary/aromatic N) is 4. The number of nitriles is 1. The van der Waals surface area contributed by atoms with E-state index < -0.39 is 16.9 Å². The number of halogens is 2. The molecular weight excluding hydrogens is 447 g/mol. The smallest absolute Gasteiger partial charge is 0.349 e. The molecule has 2 aromatic heterocycles. The van der Waals surface area contributed by atoms with Crippen LogP contribution in [0.25, 0.3) is 5.69 Å². The molecule has 5 rings (SSSR count). The van der Waals surface area contributed by atoms with Crippen molar-refractivity contribution in [3.8, 4) is 23.4 Å². The fraction of sp³-hybridized carbons (Fsp3) is 0.263. The third-order valence-corrected chi connectivity index (χ3v) is 6.07. The molecule has 12 heteroatoms. The topological polar surface area (TPSA) is 147 Å². The normalized spacial score (nSPS) is 18.6. The van der Waals surface area contributed by atoms with Crippen molar-refractivity contribution in [3.63, 3.8) is 0 Å². The first-order valence-corrected chi connectivity index (χ1v) is 10.1. The summed E-state index contributed by atoms with van der Waals surface area (Å²) in [5, 5.41) is 19.3. The molecule has 0 saturated heterocycles. The van der Waals surface area contributed by atoms with Gasteiger partial charge >= 0.3 is 5.69 Å². The van der Waals surface area contributed by atoms with Crippen LogP contribution in [0, 0.1) is 17.2 Å². The number of nitrogens with one attached hydrogen (secondary N) is 2. The molecule has 2 atom stereocenters. The van der Waals surface area contributed by atoms with Gasteiger partial charge in [0.2, 0.25) is 11.6 Å². The number of benzene rings is 1. The molecule has 1 unspecified atom stereocenters. The van der Waals surface area contributed by atoms with Crippen molar-refractivity contribution in [2.24, 2.45) is 5.92 Å². The molecule has 0 amide bonds. The molecule has 10 nitrogen and oxygen atoms in total. The van der Waals surface area contributed by atoms with Crippen molar-refractivity contribution in [1.29, 1.82) is 5.26 Å². The Kier molecular flexibility index (Phi) is 4.46. The van der Waals surface area contributed by atoms with Gasteiger partial charge in [-0.05, 0) is 43.2 Å². The van der Waals surface area contributed by atoms with Gasteiger partial charge in [-0.25, -0.2) is 9.89 Å². The van der Waals surface area contributed by atoms with Gasteiger partial charge in [0.1, 0.15) is 6.07 Å². The zero-order chi connectivity index (χ0) is 21.9. The van der Waals surface area contributed by atoms with Crippen molar-refractivity contribution in [2.75, 3.05) is 0 Å². The maximum absolute atomic E-state index is 12.2. The Morgan fingerprint density at radius 3 is 2.65 bits per heavy atom. The van der Waals surface area contributed by atoms with Crippen LogP contribution in [-0.2, 0) is 6.42 Å². The summed E-state index contributed by atoms with van der Waals surface area (Å²) in [6, 6.07) is 4.31. The fourth-order valence-electron chi connectivity index (χ4n) is 3.96. The molecule has 2 aliphatic rings. The molecule has 156 valence electrons. The summed E-state index contributed by atoms with van der Waals surface area (Å²) < 4.78 is 6.68. The highest BCUT2D eigenvalue weighted by molar-refractivity contribution is 6.37. The number of H-pyrrole nitrogens is 2. The lowest BCUT2D eigenvalue weighted by atomic mass is 9.94. The van der Waals surface area contributed by atoms with E-state index in [2.05, 4.69) is 15.3 Å². The third kappa shape index (κ3) is 3.22. The van der Waals surface area contributed by atoms with E-state index in [4.69, 9.17) is 33.2 Å². The lowest BCUT2D eigenvalue weighted by Crippen LogP contribution is -2.33. The summed E-state index contributed by atoms with van der Waals surface area (Å²) in [4.78, 5) is 37.9. The van der Waals surface area contributed by atoms with Crippen molar-refractivity contribution in [1.82, 2.24) is 25.0 Å². The number of fused-ring (bicyclic) bond motifs is 3. The van der Waals surface area contributed by atoms with Crippen LogP contribution in [0.5, 0.6) is 11.6 Å². The first kappa shape index (κ1) is 19.5. The van der Waals surface area contributed by atoms with Crippen LogP contribution in [0.2, 0.25) is 10.0 Å². The van der Waals surface area contributed by atoms with Crippen LogP contribution in [0.4, 0.5) is 0 Å². The minimum absolute atomic E-state index is 0.0442. The lowest BCUT2D eigenvalue weighted by molar-refractivity contribution is 0.440. The molecule has 3 aromatic rings. The molecule has 1 fully saturated rings. The van der Waals surface area contributed by atoms with Gasteiger partial charge in [0.25, 0.3) is 11.1 Å². The Bertz CT molecular complexity index is 1440. The lowest BCUT2D eigenvalue weighted by Gasteiger charge is -2.18. The number of ether oxygens (including phenoxy) is 1. The number of aromatic amines is 2. The van der Waals surface area contributed by atoms with Gasteiger partial charge < -0.3 is 4.74 Å². The minimum atomic E-state index is -0.896. The number of hydrogen-bond donors (Lipinski definition) is 2. The van der Waals surface area contributed by atoms with E-state index in [1.54, 1.807) is 6.07 Å². The van der Waals surface area contributed by atoms with Crippen LogP contribution >= 0.6 is 23.2 Å². The SMILES string of the molecule is N#Cc1nn(-c2cc(Cl)c(Oc3n[nH]c(=O)c4c3CC[C@H]3CC43)c(Cl)c2)c(=O)[nH]c1=O. The molecule has 0 bridgehead atoms. The molecule has 0 aliphatic heterocycles. The average Bonchev–Trinajstić information content (AvgIpc) is 3.52. The second kappa shape index (κ2) is 7.08. The number of aromatic nitrogens is 5. The van der Waals surface area contributed by atoms with E-state index >= 15 is 0 Å². The van der Waals surface area contributed by atoms with Gasteiger partial charge in [-0.15, -0.1) is 10.2 Å². The van der Waals surface area contributed by atoms with Crippen molar-refractivity contribution >= 4 is 23.2 Å². The van der Waals surface area contributed by atoms with Crippen molar-refractivity contribution in [3.05, 3.63) is 70.2 Å². The van der Waals surface area contributed by atoms with E-state index in [1.807, 2.05) is 4.98 Å². The first-order chi connectivity index (χ1) is 14.9. The zero-order valence-corrected chi connectivity index (χ0v) is 17.1. The predicted octanol–water partition coefficient (Wildman–Crippen LogP) is 2.02. The molecule has 0 radical (unpaired) electrons. The summed E-state index contributed by atoms with van der Waals surface area (Å²) in [5.74, 6) is 1.09. The van der Waals surface area contributed by atoms with E-state index in [0.717, 1.165) is 23.1 Å². The summed E-state index contributed by atoms with van der Waals surface area (Å²) in [6.45, 7) is 0. The van der Waals surface area contributed by atoms with E-state index in [-0.39, 0.29) is 38.8 Å². The Labute approximate surface area is 183 Å². The summed E-state index contributed by atoms with van der Waals surface area (Å²) in [5.41, 5.74) is -0.882. The van der Waals surface area contributed by atoms with Crippen LogP contribution in [-0.4, -0.2) is 25.0 Å². The summed E-state index contributed by atoms with van der Waals surface area (Å²) in [6.07, 6.45) is 2.62. The van der Waals surface area contributed by atoms with E-state index in [9.17, 15) is 14.4 Å². The molecule has 2 N–H and O–H groups in total. The Morgan fingerprint density at radius 1 is 1.19 bits per heavy atom. The second-order valence-corrected chi connectivity index (χ2v) is 8.18. The molecule has 0 spiro atoms. The highest BCUT2D eigenvalue weighted by atomic mass is 35.5. The molecular formula is C19H12Cl2N6O4. The fourth-order valence-corrected chi connectivity index (χ4v) is 4.51. The Balaban J connectivity index is 1.56. The van der Waals surface area contributed by atoms with Gasteiger partial charge in [-0.2, -0.15) is 9.94 Å². The van der Waals surface area contributed by atoms with E-state index in [0.29, 0.717) is 17.9 Å². The quantitative estimate of drug-likeness (QED) is 0.609. The van der Waals surface area contributed by atoms with Crippen LogP contribution < -0.4 is 21.5 Å². The monoisotopic (exact) mass is 458 g/mol. The van der Waals surface area contributed by atoms with Crippen molar-refractivity contribution < 1.29 is 4.74 Å². The van der Waals surface area contributed by atoms with Crippen LogP contribution in [0.15, 0.2) is 26.5 Å². The van der Waals surface area contributed by atoms with Crippen molar-refractivity contribution in [2.45, 2.75) is 25.2 Å². The molecule has 1 aromatic carbocycles. The maximum Gasteiger partial charge on any atom is 0.349 e. The maximum atomic E-state index is 12.2. The first-order valence-electron chi connectivity index (χ1n) is 9.30. The van der Waals surface area contributed by atoms with Gasteiger partial charge in [-0.3, -0.25) is 14.6 Å². The number of hydrogen-bond acceptors (Lipinski definition) is 7. The highest BCUT2D eigenvalue weighted by Gasteiger charge is 2.45. The largest absolute Gasteiger partial charge is 0.434 e. The molecule has 31 heavy (non-hydrogen) atoms. The van der Waals surface area contributed by atoms with Gasteiger partial charge in [0, 0.05) is 11.1 Å². The number of rotatable bonds is 3.